The summed E-state index contributed by atoms with van der Waals surface area (Å²) in [4.78, 5) is 24.1. The quantitative estimate of drug-likeness (QED) is 0.765. The number of H-pyrrole nitrogens is 1. The third-order valence-corrected chi connectivity index (χ3v) is 5.52. The summed E-state index contributed by atoms with van der Waals surface area (Å²) in [5, 5.41) is 4.16. The molecule has 25 heavy (non-hydrogen) atoms. The lowest BCUT2D eigenvalue weighted by Crippen LogP contribution is -2.78. The minimum absolute atomic E-state index is 0.0611. The molecule has 3 fully saturated rings. The second kappa shape index (κ2) is 4.74. The van der Waals surface area contributed by atoms with Gasteiger partial charge in [-0.15, -0.1) is 0 Å². The predicted octanol–water partition coefficient (Wildman–Crippen LogP) is 2.93. The molecule has 0 aliphatic heterocycles. The monoisotopic (exact) mass is 339 g/mol. The summed E-state index contributed by atoms with van der Waals surface area (Å²) >= 11 is 0. The van der Waals surface area contributed by atoms with Crippen LogP contribution in [0.25, 0.3) is 22.1 Å². The fourth-order valence-corrected chi connectivity index (χ4v) is 4.49. The molecule has 3 aliphatic carbocycles. The van der Waals surface area contributed by atoms with Crippen LogP contribution in [0.4, 0.5) is 4.79 Å². The van der Waals surface area contributed by atoms with Crippen LogP contribution in [0.2, 0.25) is 0 Å². The average Bonchev–Trinajstić information content (AvgIpc) is 3.12. The summed E-state index contributed by atoms with van der Waals surface area (Å²) in [6.45, 7) is 4.52. The van der Waals surface area contributed by atoms with E-state index >= 15 is 0 Å². The van der Waals surface area contributed by atoms with Crippen LogP contribution in [0, 0.1) is 5.92 Å². The summed E-state index contributed by atoms with van der Waals surface area (Å²) in [6.07, 6.45) is 8.12. The van der Waals surface area contributed by atoms with Crippen molar-refractivity contribution in [1.82, 2.24) is 24.8 Å². The van der Waals surface area contributed by atoms with Crippen LogP contribution in [0.15, 0.2) is 24.8 Å². The molecule has 130 valence electrons. The highest BCUT2D eigenvalue weighted by Gasteiger charge is 2.70. The number of nitrogens with zero attached hydrogens (tertiary/aromatic N) is 3. The zero-order chi connectivity index (χ0) is 17.2. The first-order valence-electron chi connectivity index (χ1n) is 8.75. The first-order chi connectivity index (χ1) is 12.0. The Morgan fingerprint density at radius 3 is 2.96 bits per heavy atom. The van der Waals surface area contributed by atoms with E-state index in [1.54, 1.807) is 0 Å². The molecule has 0 saturated heterocycles. The first-order valence-corrected chi connectivity index (χ1v) is 8.75. The Bertz CT molecular complexity index is 966. The lowest BCUT2D eigenvalue weighted by Gasteiger charge is -2.70. The van der Waals surface area contributed by atoms with Gasteiger partial charge in [-0.3, -0.25) is 0 Å². The van der Waals surface area contributed by atoms with Gasteiger partial charge in [-0.25, -0.2) is 14.8 Å². The van der Waals surface area contributed by atoms with E-state index in [4.69, 9.17) is 4.74 Å². The second-order valence-corrected chi connectivity index (χ2v) is 8.00. The number of hydrogen-bond donors (Lipinski definition) is 2. The molecule has 0 radical (unpaired) electrons. The van der Waals surface area contributed by atoms with Crippen LogP contribution in [0.1, 0.15) is 33.1 Å². The van der Waals surface area contributed by atoms with E-state index < -0.39 is 0 Å². The van der Waals surface area contributed by atoms with Gasteiger partial charge in [-0.1, -0.05) is 13.8 Å². The Labute approximate surface area is 144 Å². The number of pyridine rings is 1. The summed E-state index contributed by atoms with van der Waals surface area (Å²) in [6, 6.07) is 2.05. The second-order valence-electron chi connectivity index (χ2n) is 8.00. The average molecular weight is 339 g/mol. The van der Waals surface area contributed by atoms with Crippen molar-refractivity contribution < 1.29 is 9.53 Å². The van der Waals surface area contributed by atoms with Crippen molar-refractivity contribution in [3.8, 4) is 0 Å². The molecule has 3 saturated carbocycles. The number of alkyl carbamates (subject to hydrolysis) is 1. The minimum atomic E-state index is -0.297. The summed E-state index contributed by atoms with van der Waals surface area (Å²) in [5.74, 6) is 0.347. The van der Waals surface area contributed by atoms with Crippen molar-refractivity contribution in [2.75, 3.05) is 6.61 Å². The highest BCUT2D eigenvalue weighted by atomic mass is 16.5. The maximum Gasteiger partial charge on any atom is 0.407 e. The molecule has 3 aromatic rings. The molecule has 0 aromatic carbocycles. The number of hydrogen-bond acceptors (Lipinski definition) is 4. The molecule has 2 bridgehead atoms. The number of amides is 1. The molecule has 0 atom stereocenters. The molecule has 3 aromatic heterocycles. The van der Waals surface area contributed by atoms with Crippen LogP contribution in [0.5, 0.6) is 0 Å². The van der Waals surface area contributed by atoms with E-state index in [2.05, 4.69) is 24.8 Å². The van der Waals surface area contributed by atoms with Crippen molar-refractivity contribution in [3.05, 3.63) is 24.8 Å². The van der Waals surface area contributed by atoms with Gasteiger partial charge in [0.05, 0.1) is 35.7 Å². The smallest absolute Gasteiger partial charge is 0.407 e. The highest BCUT2D eigenvalue weighted by molar-refractivity contribution is 6.01. The van der Waals surface area contributed by atoms with Gasteiger partial charge >= 0.3 is 6.09 Å². The third-order valence-electron chi connectivity index (χ3n) is 5.52. The van der Waals surface area contributed by atoms with Crippen molar-refractivity contribution in [1.29, 1.82) is 0 Å². The van der Waals surface area contributed by atoms with Gasteiger partial charge in [0.2, 0.25) is 0 Å². The van der Waals surface area contributed by atoms with Crippen molar-refractivity contribution in [2.45, 2.75) is 44.2 Å². The minimum Gasteiger partial charge on any atom is -0.449 e. The number of aromatic nitrogens is 4. The Morgan fingerprint density at radius 1 is 1.40 bits per heavy atom. The molecule has 3 aliphatic rings. The predicted molar refractivity (Wildman–Crippen MR) is 93.3 cm³/mol. The Balaban J connectivity index is 1.37. The van der Waals surface area contributed by atoms with Gasteiger partial charge in [0.15, 0.2) is 0 Å². The molecule has 7 nitrogen and oxygen atoms in total. The molecule has 6 rings (SSSR count). The summed E-state index contributed by atoms with van der Waals surface area (Å²) < 4.78 is 7.54. The van der Waals surface area contributed by atoms with Gasteiger partial charge in [0.25, 0.3) is 0 Å². The van der Waals surface area contributed by atoms with E-state index in [0.29, 0.717) is 12.5 Å². The fraction of sp³-hybridized carbons (Fsp3) is 0.500. The molecule has 0 unspecified atom stereocenters. The topological polar surface area (TPSA) is 84.8 Å². The van der Waals surface area contributed by atoms with Crippen LogP contribution >= 0.6 is 0 Å². The van der Waals surface area contributed by atoms with Crippen LogP contribution in [-0.4, -0.2) is 37.8 Å². The SMILES string of the molecule is CC(C)COC(=O)NC12CC(n3cnc4cnc5[nH]ccc5c43)(C1)C2. The maximum absolute atomic E-state index is 12.0. The fourth-order valence-electron chi connectivity index (χ4n) is 4.49. The Hall–Kier alpha value is -2.57. The molecule has 2 N–H and O–H groups in total. The Morgan fingerprint density at radius 2 is 2.20 bits per heavy atom. The van der Waals surface area contributed by atoms with Gasteiger partial charge in [-0.05, 0) is 31.2 Å². The first kappa shape index (κ1) is 14.7. The number of aromatic amines is 1. The number of nitrogens with one attached hydrogen (secondary N) is 2. The van der Waals surface area contributed by atoms with E-state index in [9.17, 15) is 4.79 Å². The number of carbonyl (C=O) groups is 1. The van der Waals surface area contributed by atoms with Crippen LogP contribution in [0.3, 0.4) is 0 Å². The molecule has 0 spiro atoms. The summed E-state index contributed by atoms with van der Waals surface area (Å²) in [5.41, 5.74) is 2.88. The zero-order valence-corrected chi connectivity index (χ0v) is 14.4. The van der Waals surface area contributed by atoms with Gasteiger partial charge < -0.3 is 19.6 Å². The number of imidazole rings is 1. The molecule has 7 heteroatoms. The number of rotatable bonds is 4. The number of ether oxygens (including phenoxy) is 1. The van der Waals surface area contributed by atoms with Gasteiger partial charge in [0.1, 0.15) is 11.2 Å². The van der Waals surface area contributed by atoms with Crippen LogP contribution < -0.4 is 5.32 Å². The standard InChI is InChI=1S/C18H21N5O2/c1-11(2)6-25-16(24)22-17-7-18(8-17,9-17)23-10-21-13-5-20-15-12(14(13)23)3-4-19-15/h3-5,10-11H,6-9H2,1-2H3,(H,19,20)(H,22,24). The normalized spacial score (nSPS) is 27.3. The third kappa shape index (κ3) is 2.01. The van der Waals surface area contributed by atoms with E-state index in [-0.39, 0.29) is 17.2 Å². The van der Waals surface area contributed by atoms with E-state index in [1.807, 2.05) is 38.6 Å². The van der Waals surface area contributed by atoms with Crippen molar-refractivity contribution in [2.24, 2.45) is 5.92 Å². The lowest BCUT2D eigenvalue weighted by molar-refractivity contribution is -0.131. The van der Waals surface area contributed by atoms with Crippen LogP contribution in [-0.2, 0) is 10.3 Å². The number of fused-ring (bicyclic) bond motifs is 3. The van der Waals surface area contributed by atoms with E-state index in [0.717, 1.165) is 41.3 Å². The maximum atomic E-state index is 12.0. The highest BCUT2D eigenvalue weighted by Crippen LogP contribution is 2.65. The molecule has 3 heterocycles. The largest absolute Gasteiger partial charge is 0.449 e. The molecular formula is C18H21N5O2. The Kier molecular flexibility index (Phi) is 2.80. The van der Waals surface area contributed by atoms with Gasteiger partial charge in [0, 0.05) is 11.6 Å². The van der Waals surface area contributed by atoms with Crippen molar-refractivity contribution >= 4 is 28.2 Å². The molecule has 1 amide bonds. The van der Waals surface area contributed by atoms with Gasteiger partial charge in [-0.2, -0.15) is 0 Å². The molecular weight excluding hydrogens is 318 g/mol. The van der Waals surface area contributed by atoms with Crippen molar-refractivity contribution in [3.63, 3.8) is 0 Å². The zero-order valence-electron chi connectivity index (χ0n) is 14.4. The number of carbonyl (C=O) groups excluding carboxylic acids is 1. The summed E-state index contributed by atoms with van der Waals surface area (Å²) in [7, 11) is 0. The lowest BCUT2D eigenvalue weighted by atomic mass is 9.44. The van der Waals surface area contributed by atoms with E-state index in [1.165, 1.54) is 0 Å².